The normalized spacial score (nSPS) is 13.0. The molecule has 1 atom stereocenters. The maximum Gasteiger partial charge on any atom is 0.202 e. The molecule has 1 unspecified atom stereocenters. The number of pyridine rings is 1. The molecule has 0 spiro atoms. The van der Waals surface area contributed by atoms with E-state index < -0.39 is 26.7 Å². The lowest BCUT2D eigenvalue weighted by atomic mass is 10.0. The van der Waals surface area contributed by atoms with Crippen LogP contribution in [0.1, 0.15) is 36.5 Å². The maximum atomic E-state index is 14.2. The first-order chi connectivity index (χ1) is 11.9. The van der Waals surface area contributed by atoms with Crippen molar-refractivity contribution in [2.24, 2.45) is 0 Å². The Balaban J connectivity index is 2.42. The predicted octanol–water partition coefficient (Wildman–Crippen LogP) is 4.08. The Morgan fingerprint density at radius 2 is 1.88 bits per heavy atom. The van der Waals surface area contributed by atoms with Crippen molar-refractivity contribution in [1.82, 2.24) is 4.98 Å². The third-order valence-corrected chi connectivity index (χ3v) is 6.08. The highest BCUT2D eigenvalue weighted by atomic mass is 35.5. The Kier molecular flexibility index (Phi) is 6.87. The summed E-state index contributed by atoms with van der Waals surface area (Å²) in [5.74, 6) is -1.50. The molecule has 0 radical (unpaired) electrons. The minimum absolute atomic E-state index is 0.00944. The lowest BCUT2D eigenvalue weighted by Crippen LogP contribution is -2.17. The summed E-state index contributed by atoms with van der Waals surface area (Å²) in [5.41, 5.74) is -0.222. The smallest absolute Gasteiger partial charge is 0.202 e. The van der Waals surface area contributed by atoms with Gasteiger partial charge in [-0.1, -0.05) is 24.4 Å². The second-order valence-electron chi connectivity index (χ2n) is 5.59. The quantitative estimate of drug-likeness (QED) is 0.691. The molecule has 2 aromatic rings. The van der Waals surface area contributed by atoms with Gasteiger partial charge in [-0.2, -0.15) is 0 Å². The maximum absolute atomic E-state index is 14.2. The second kappa shape index (κ2) is 8.69. The topological polar surface area (TPSA) is 67.3 Å². The van der Waals surface area contributed by atoms with Crippen LogP contribution in [0.3, 0.4) is 0 Å². The number of aliphatic hydroxyl groups is 1. The van der Waals surface area contributed by atoms with Crippen molar-refractivity contribution in [3.8, 4) is 0 Å². The average Bonchev–Trinajstić information content (AvgIpc) is 2.57. The summed E-state index contributed by atoms with van der Waals surface area (Å²) < 4.78 is 53.6. The fourth-order valence-electron chi connectivity index (χ4n) is 2.53. The minimum atomic E-state index is -4.04. The molecule has 1 aromatic carbocycles. The number of nitrogens with zero attached hydrogens (tertiary/aromatic N) is 1. The van der Waals surface area contributed by atoms with Gasteiger partial charge < -0.3 is 5.11 Å². The first kappa shape index (κ1) is 19.8. The summed E-state index contributed by atoms with van der Waals surface area (Å²) in [5, 5.41) is 7.61. The fraction of sp³-hybridized carbons (Fsp3) is 0.353. The van der Waals surface area contributed by atoms with Gasteiger partial charge in [0.2, 0.25) is 9.84 Å². The third kappa shape index (κ3) is 4.96. The van der Waals surface area contributed by atoms with Crippen LogP contribution < -0.4 is 0 Å². The molecule has 0 aliphatic rings. The van der Waals surface area contributed by atoms with Crippen LogP contribution in [0.4, 0.5) is 8.78 Å². The number of aromatic nitrogens is 1. The van der Waals surface area contributed by atoms with E-state index in [1.54, 1.807) is 0 Å². The van der Waals surface area contributed by atoms with Crippen molar-refractivity contribution in [2.45, 2.75) is 36.0 Å². The van der Waals surface area contributed by atoms with Crippen LogP contribution >= 0.6 is 11.6 Å². The third-order valence-electron chi connectivity index (χ3n) is 3.80. The van der Waals surface area contributed by atoms with Crippen LogP contribution in [0.25, 0.3) is 0 Å². The van der Waals surface area contributed by atoms with Crippen LogP contribution in [0, 0.1) is 11.6 Å². The van der Waals surface area contributed by atoms with E-state index >= 15 is 0 Å². The van der Waals surface area contributed by atoms with Gasteiger partial charge >= 0.3 is 0 Å². The molecule has 25 heavy (non-hydrogen) atoms. The molecule has 8 heteroatoms. The summed E-state index contributed by atoms with van der Waals surface area (Å²) in [7, 11) is -4.04. The Morgan fingerprint density at radius 3 is 2.52 bits per heavy atom. The summed E-state index contributed by atoms with van der Waals surface area (Å²) in [6, 6.07) is 5.38. The highest BCUT2D eigenvalue weighted by Crippen LogP contribution is 2.34. The van der Waals surface area contributed by atoms with Gasteiger partial charge in [0, 0.05) is 18.4 Å². The molecule has 136 valence electrons. The monoisotopic (exact) mass is 389 g/mol. The van der Waals surface area contributed by atoms with Gasteiger partial charge in [0.05, 0.1) is 10.3 Å². The van der Waals surface area contributed by atoms with Gasteiger partial charge in [0.25, 0.3) is 0 Å². The lowest BCUT2D eigenvalue weighted by Gasteiger charge is -2.18. The van der Waals surface area contributed by atoms with Crippen LogP contribution in [0.15, 0.2) is 41.6 Å². The number of aliphatic hydroxyl groups excluding tert-OH is 1. The molecule has 4 nitrogen and oxygen atoms in total. The van der Waals surface area contributed by atoms with E-state index in [0.29, 0.717) is 19.3 Å². The number of unbranched alkanes of at least 4 members (excludes halogenated alkanes) is 2. The molecule has 0 saturated heterocycles. The van der Waals surface area contributed by atoms with Crippen molar-refractivity contribution in [3.63, 3.8) is 0 Å². The molecule has 0 bridgehead atoms. The van der Waals surface area contributed by atoms with Gasteiger partial charge in [-0.3, -0.25) is 0 Å². The molecule has 1 heterocycles. The van der Waals surface area contributed by atoms with Gasteiger partial charge in [0.1, 0.15) is 11.6 Å². The van der Waals surface area contributed by atoms with E-state index in [1.807, 2.05) is 0 Å². The van der Waals surface area contributed by atoms with E-state index in [-0.39, 0.29) is 28.6 Å². The van der Waals surface area contributed by atoms with E-state index in [4.69, 9.17) is 16.7 Å². The summed E-state index contributed by atoms with van der Waals surface area (Å²) in [6.07, 6.45) is 2.81. The lowest BCUT2D eigenvalue weighted by molar-refractivity contribution is 0.282. The molecular weight excluding hydrogens is 372 g/mol. The number of benzene rings is 1. The number of hydrogen-bond acceptors (Lipinski definition) is 4. The van der Waals surface area contributed by atoms with E-state index in [1.165, 1.54) is 18.3 Å². The number of hydrogen-bond donors (Lipinski definition) is 1. The van der Waals surface area contributed by atoms with Crippen LogP contribution in [0.5, 0.6) is 0 Å². The summed E-state index contributed by atoms with van der Waals surface area (Å²) in [6.45, 7) is -0.00944. The second-order valence-corrected chi connectivity index (χ2v) is 8.10. The van der Waals surface area contributed by atoms with Crippen LogP contribution in [-0.4, -0.2) is 25.1 Å². The highest BCUT2D eigenvalue weighted by Gasteiger charge is 2.32. The largest absolute Gasteiger partial charge is 0.396 e. The van der Waals surface area contributed by atoms with Crippen molar-refractivity contribution >= 4 is 21.4 Å². The minimum Gasteiger partial charge on any atom is -0.396 e. The molecule has 1 N–H and O–H groups in total. The Hall–Kier alpha value is -1.57. The summed E-state index contributed by atoms with van der Waals surface area (Å²) in [4.78, 5) is 3.82. The number of halogens is 3. The standard InChI is InChI=1S/C17H18ClF2NO3S/c18-12-5-8-17(21-11-12)25(23,24)16(4-2-1-3-9-22)14-10-13(19)6-7-15(14)20/h5-8,10-11,16,22H,1-4,9H2. The van der Waals surface area contributed by atoms with Crippen molar-refractivity contribution < 1.29 is 22.3 Å². The van der Waals surface area contributed by atoms with Gasteiger partial charge in [-0.15, -0.1) is 0 Å². The average molecular weight is 390 g/mol. The highest BCUT2D eigenvalue weighted by molar-refractivity contribution is 7.91. The molecule has 0 aliphatic heterocycles. The molecule has 0 fully saturated rings. The van der Waals surface area contributed by atoms with E-state index in [2.05, 4.69) is 4.98 Å². The first-order valence-corrected chi connectivity index (χ1v) is 9.70. The predicted molar refractivity (Wildman–Crippen MR) is 91.1 cm³/mol. The fourth-order valence-corrected chi connectivity index (χ4v) is 4.39. The molecule has 0 amide bonds. The molecule has 2 rings (SSSR count). The van der Waals surface area contributed by atoms with E-state index in [9.17, 15) is 17.2 Å². The van der Waals surface area contributed by atoms with Gasteiger partial charge in [-0.25, -0.2) is 22.2 Å². The van der Waals surface area contributed by atoms with Crippen molar-refractivity contribution in [1.29, 1.82) is 0 Å². The molecular formula is C17H18ClF2NO3S. The zero-order chi connectivity index (χ0) is 18.4. The summed E-state index contributed by atoms with van der Waals surface area (Å²) >= 11 is 5.73. The van der Waals surface area contributed by atoms with Gasteiger partial charge in [-0.05, 0) is 43.2 Å². The van der Waals surface area contributed by atoms with E-state index in [0.717, 1.165) is 18.2 Å². The zero-order valence-electron chi connectivity index (χ0n) is 13.3. The Bertz CT molecular complexity index is 813. The molecule has 1 aromatic heterocycles. The zero-order valence-corrected chi connectivity index (χ0v) is 14.9. The first-order valence-electron chi connectivity index (χ1n) is 7.77. The van der Waals surface area contributed by atoms with Crippen molar-refractivity contribution in [3.05, 3.63) is 58.7 Å². The molecule has 0 saturated carbocycles. The van der Waals surface area contributed by atoms with Crippen LogP contribution in [-0.2, 0) is 9.84 Å². The molecule has 0 aliphatic carbocycles. The van der Waals surface area contributed by atoms with Gasteiger partial charge in [0.15, 0.2) is 5.03 Å². The Morgan fingerprint density at radius 1 is 1.12 bits per heavy atom. The van der Waals surface area contributed by atoms with Crippen LogP contribution in [0.2, 0.25) is 5.02 Å². The number of sulfone groups is 1. The Labute approximate surface area is 150 Å². The van der Waals surface area contributed by atoms with Crippen molar-refractivity contribution in [2.75, 3.05) is 6.61 Å². The SMILES string of the molecule is O=S(=O)(c1ccc(Cl)cn1)C(CCCCCO)c1cc(F)ccc1F. The number of rotatable bonds is 8.